The topological polar surface area (TPSA) is 61.5 Å². The summed E-state index contributed by atoms with van der Waals surface area (Å²) in [5.74, 6) is 1.55. The van der Waals surface area contributed by atoms with Crippen LogP contribution >= 0.6 is 0 Å². The van der Waals surface area contributed by atoms with Crippen molar-refractivity contribution < 1.29 is 9.53 Å². The molecule has 2 saturated heterocycles. The van der Waals surface area contributed by atoms with E-state index in [4.69, 9.17) is 4.74 Å². The molecule has 0 saturated carbocycles. The van der Waals surface area contributed by atoms with E-state index in [0.717, 1.165) is 51.4 Å². The monoisotopic (exact) mass is 292 g/mol. The second-order valence-electron chi connectivity index (χ2n) is 6.06. The van der Waals surface area contributed by atoms with E-state index >= 15 is 0 Å². The number of ether oxygens (including phenoxy) is 1. The van der Waals surface area contributed by atoms with Crippen molar-refractivity contribution in [1.29, 1.82) is 0 Å². The Hall–Kier alpha value is -1.40. The number of H-pyrrole nitrogens is 1. The number of hydrogen-bond donors (Lipinski definition) is 1. The van der Waals surface area contributed by atoms with Gasteiger partial charge in [0.1, 0.15) is 5.82 Å². The van der Waals surface area contributed by atoms with E-state index in [1.54, 1.807) is 13.3 Å². The highest BCUT2D eigenvalue weighted by atomic mass is 16.5. The average Bonchev–Trinajstić information content (AvgIpc) is 3.19. The molecular weight excluding hydrogens is 268 g/mol. The summed E-state index contributed by atoms with van der Waals surface area (Å²) >= 11 is 0. The van der Waals surface area contributed by atoms with Crippen molar-refractivity contribution in [2.24, 2.45) is 5.92 Å². The Balaban J connectivity index is 1.55. The first-order valence-corrected chi connectivity index (χ1v) is 7.77. The summed E-state index contributed by atoms with van der Waals surface area (Å²) in [5.41, 5.74) is 0. The lowest BCUT2D eigenvalue weighted by Gasteiger charge is -2.20. The van der Waals surface area contributed by atoms with Crippen LogP contribution in [0, 0.1) is 5.92 Å². The minimum atomic E-state index is 0.145. The number of rotatable bonds is 5. The van der Waals surface area contributed by atoms with E-state index < -0.39 is 0 Å². The Morgan fingerprint density at radius 3 is 2.90 bits per heavy atom. The molecule has 2 aliphatic rings. The molecule has 1 N–H and O–H groups in total. The number of imidazole rings is 1. The van der Waals surface area contributed by atoms with Gasteiger partial charge in [-0.25, -0.2) is 4.98 Å². The zero-order chi connectivity index (χ0) is 14.7. The number of nitrogens with zero attached hydrogens (tertiary/aromatic N) is 3. The number of hydrogen-bond acceptors (Lipinski definition) is 4. The molecule has 0 bridgehead atoms. The molecule has 2 aliphatic heterocycles. The van der Waals surface area contributed by atoms with Crippen LogP contribution in [0.5, 0.6) is 0 Å². The van der Waals surface area contributed by atoms with Gasteiger partial charge in [-0.05, 0) is 12.8 Å². The highest BCUT2D eigenvalue weighted by Crippen LogP contribution is 2.25. The lowest BCUT2D eigenvalue weighted by molar-refractivity contribution is -0.131. The molecular formula is C15H24N4O2. The zero-order valence-corrected chi connectivity index (χ0v) is 12.6. The Bertz CT molecular complexity index is 456. The molecule has 0 radical (unpaired) electrons. The van der Waals surface area contributed by atoms with Crippen LogP contribution in [-0.2, 0) is 16.1 Å². The van der Waals surface area contributed by atoms with E-state index in [1.165, 1.54) is 0 Å². The number of methoxy groups -OCH3 is 1. The Kier molecular flexibility index (Phi) is 4.55. The van der Waals surface area contributed by atoms with Crippen LogP contribution in [0.3, 0.4) is 0 Å². The van der Waals surface area contributed by atoms with Crippen LogP contribution in [0.15, 0.2) is 12.4 Å². The highest BCUT2D eigenvalue weighted by molar-refractivity contribution is 5.76. The predicted molar refractivity (Wildman–Crippen MR) is 78.6 cm³/mol. The number of carbonyl (C=O) groups is 1. The summed E-state index contributed by atoms with van der Waals surface area (Å²) in [6.45, 7) is 4.42. The fourth-order valence-electron chi connectivity index (χ4n) is 3.44. The molecule has 0 unspecified atom stereocenters. The van der Waals surface area contributed by atoms with Gasteiger partial charge >= 0.3 is 0 Å². The van der Waals surface area contributed by atoms with E-state index in [-0.39, 0.29) is 12.0 Å². The summed E-state index contributed by atoms with van der Waals surface area (Å²) in [5, 5.41) is 0. The molecule has 3 heterocycles. The van der Waals surface area contributed by atoms with Gasteiger partial charge in [-0.1, -0.05) is 0 Å². The van der Waals surface area contributed by atoms with Crippen LogP contribution in [-0.4, -0.2) is 65.1 Å². The van der Waals surface area contributed by atoms with Crippen molar-refractivity contribution in [3.05, 3.63) is 18.2 Å². The number of aromatic amines is 1. The van der Waals surface area contributed by atoms with E-state index in [0.29, 0.717) is 12.3 Å². The maximum absolute atomic E-state index is 12.3. The van der Waals surface area contributed by atoms with Gasteiger partial charge < -0.3 is 14.6 Å². The fourth-order valence-corrected chi connectivity index (χ4v) is 3.44. The summed E-state index contributed by atoms with van der Waals surface area (Å²) in [7, 11) is 1.74. The molecule has 1 aromatic heterocycles. The molecule has 6 nitrogen and oxygen atoms in total. The number of nitrogens with one attached hydrogen (secondary N) is 1. The molecule has 21 heavy (non-hydrogen) atoms. The van der Waals surface area contributed by atoms with Gasteiger partial charge in [0.2, 0.25) is 5.91 Å². The molecule has 0 spiro atoms. The van der Waals surface area contributed by atoms with Crippen molar-refractivity contribution in [1.82, 2.24) is 19.8 Å². The summed E-state index contributed by atoms with van der Waals surface area (Å²) in [6, 6.07) is 0. The molecule has 1 amide bonds. The number of aromatic nitrogens is 2. The largest absolute Gasteiger partial charge is 0.380 e. The van der Waals surface area contributed by atoms with Crippen molar-refractivity contribution in [2.75, 3.05) is 33.3 Å². The average molecular weight is 292 g/mol. The molecule has 6 heteroatoms. The van der Waals surface area contributed by atoms with Crippen LogP contribution < -0.4 is 0 Å². The summed E-state index contributed by atoms with van der Waals surface area (Å²) < 4.78 is 5.59. The second-order valence-corrected chi connectivity index (χ2v) is 6.06. The van der Waals surface area contributed by atoms with Gasteiger partial charge in [0.05, 0.1) is 12.6 Å². The Labute approximate surface area is 125 Å². The third-order valence-electron chi connectivity index (χ3n) is 4.58. The van der Waals surface area contributed by atoms with E-state index in [1.807, 2.05) is 11.1 Å². The smallest absolute Gasteiger partial charge is 0.222 e. The third kappa shape index (κ3) is 3.44. The van der Waals surface area contributed by atoms with Gasteiger partial charge in [-0.15, -0.1) is 0 Å². The van der Waals surface area contributed by atoms with Gasteiger partial charge in [-0.3, -0.25) is 9.69 Å². The predicted octanol–water partition coefficient (Wildman–Crippen LogP) is 0.869. The van der Waals surface area contributed by atoms with E-state index in [9.17, 15) is 4.79 Å². The molecule has 1 aromatic rings. The minimum Gasteiger partial charge on any atom is -0.380 e. The maximum atomic E-state index is 12.3. The summed E-state index contributed by atoms with van der Waals surface area (Å²) in [6.07, 6.45) is 6.66. The van der Waals surface area contributed by atoms with Gasteiger partial charge in [-0.2, -0.15) is 0 Å². The molecule has 0 aliphatic carbocycles. The minimum absolute atomic E-state index is 0.145. The Morgan fingerprint density at radius 1 is 1.43 bits per heavy atom. The van der Waals surface area contributed by atoms with Crippen LogP contribution in [0.1, 0.15) is 25.1 Å². The van der Waals surface area contributed by atoms with Crippen molar-refractivity contribution in [2.45, 2.75) is 31.9 Å². The lowest BCUT2D eigenvalue weighted by atomic mass is 10.0. The van der Waals surface area contributed by atoms with Crippen molar-refractivity contribution >= 4 is 5.91 Å². The van der Waals surface area contributed by atoms with Gasteiger partial charge in [0, 0.05) is 58.0 Å². The van der Waals surface area contributed by atoms with Gasteiger partial charge in [0.25, 0.3) is 0 Å². The molecule has 2 atom stereocenters. The number of amides is 1. The highest BCUT2D eigenvalue weighted by Gasteiger charge is 2.35. The summed E-state index contributed by atoms with van der Waals surface area (Å²) in [4.78, 5) is 24.0. The van der Waals surface area contributed by atoms with Crippen LogP contribution in [0.4, 0.5) is 0 Å². The first-order valence-electron chi connectivity index (χ1n) is 7.77. The van der Waals surface area contributed by atoms with Crippen LogP contribution in [0.2, 0.25) is 0 Å². The normalized spacial score (nSPS) is 26.6. The lowest BCUT2D eigenvalue weighted by Crippen LogP contribution is -2.32. The first kappa shape index (κ1) is 14.5. The zero-order valence-electron chi connectivity index (χ0n) is 12.6. The maximum Gasteiger partial charge on any atom is 0.222 e. The van der Waals surface area contributed by atoms with Gasteiger partial charge in [0.15, 0.2) is 0 Å². The first-order chi connectivity index (χ1) is 10.3. The standard InChI is InChI=1S/C15H24N4O2/c1-21-13-10-18(11-14-16-4-5-17-14)9-12(13)8-15(20)19-6-2-3-7-19/h4-5,12-13H,2-3,6-11H2,1H3,(H,16,17)/t12-,13-/m0/s1. The molecule has 0 aromatic carbocycles. The van der Waals surface area contributed by atoms with Crippen LogP contribution in [0.25, 0.3) is 0 Å². The second kappa shape index (κ2) is 6.58. The molecule has 116 valence electrons. The quantitative estimate of drug-likeness (QED) is 0.875. The SMILES string of the molecule is CO[C@H]1CN(Cc2ncc[nH]2)C[C@@H]1CC(=O)N1CCCC1. The fraction of sp³-hybridized carbons (Fsp3) is 0.733. The van der Waals surface area contributed by atoms with Crippen molar-refractivity contribution in [3.63, 3.8) is 0 Å². The Morgan fingerprint density at radius 2 is 2.24 bits per heavy atom. The van der Waals surface area contributed by atoms with E-state index in [2.05, 4.69) is 14.9 Å². The number of likely N-dealkylation sites (tertiary alicyclic amines) is 2. The molecule has 3 rings (SSSR count). The number of carbonyl (C=O) groups excluding carboxylic acids is 1. The molecule has 2 fully saturated rings. The third-order valence-corrected chi connectivity index (χ3v) is 4.58. The van der Waals surface area contributed by atoms with Crippen molar-refractivity contribution in [3.8, 4) is 0 Å².